The smallest absolute Gasteiger partial charge is 0.408 e. The van der Waals surface area contributed by atoms with Crippen molar-refractivity contribution in [2.75, 3.05) is 7.11 Å². The maximum atomic E-state index is 12.0. The van der Waals surface area contributed by atoms with Crippen LogP contribution in [-0.4, -0.2) is 33.9 Å². The molecule has 0 aliphatic heterocycles. The molecule has 1 aromatic heterocycles. The van der Waals surface area contributed by atoms with E-state index in [4.69, 9.17) is 16.3 Å². The third-order valence-corrected chi connectivity index (χ3v) is 4.97. The summed E-state index contributed by atoms with van der Waals surface area (Å²) in [4.78, 5) is 22.5. The highest BCUT2D eigenvalue weighted by molar-refractivity contribution is 6.33. The highest BCUT2D eigenvalue weighted by atomic mass is 35.5. The number of carbonyl (C=O) groups is 1. The highest BCUT2D eigenvalue weighted by Gasteiger charge is 2.24. The standard InChI is InChI=1S/C21H20ClN5O4/c1-14-20(22)21(27(29)30)25-26(14)13-17-10-16(8-9-18(17)31-2)12-23-24-19(28)11-15-6-4-3-5-7-15/h3-10,12H,11,13H2,1-2H3,(H,24,28)/b23-12-. The van der Waals surface area contributed by atoms with Gasteiger partial charge < -0.3 is 14.9 Å². The molecule has 0 atom stereocenters. The summed E-state index contributed by atoms with van der Waals surface area (Å²) in [5.74, 6) is -0.0405. The Morgan fingerprint density at radius 3 is 2.71 bits per heavy atom. The van der Waals surface area contributed by atoms with Crippen molar-refractivity contribution in [2.24, 2.45) is 5.10 Å². The number of hydrogen-bond acceptors (Lipinski definition) is 6. The van der Waals surface area contributed by atoms with E-state index in [-0.39, 0.29) is 23.9 Å². The first-order valence-corrected chi connectivity index (χ1v) is 9.67. The van der Waals surface area contributed by atoms with Gasteiger partial charge in [0.15, 0.2) is 5.02 Å². The summed E-state index contributed by atoms with van der Waals surface area (Å²) in [6.45, 7) is 1.87. The van der Waals surface area contributed by atoms with Gasteiger partial charge in [0.1, 0.15) is 5.75 Å². The fraction of sp³-hybridized carbons (Fsp3) is 0.190. The molecule has 160 valence electrons. The molecule has 0 aliphatic carbocycles. The van der Waals surface area contributed by atoms with Crippen LogP contribution in [0.3, 0.4) is 0 Å². The second kappa shape index (κ2) is 9.86. The lowest BCUT2D eigenvalue weighted by molar-refractivity contribution is -0.389. The summed E-state index contributed by atoms with van der Waals surface area (Å²) in [6.07, 6.45) is 1.74. The lowest BCUT2D eigenvalue weighted by Gasteiger charge is -2.09. The van der Waals surface area contributed by atoms with Crippen molar-refractivity contribution >= 4 is 29.5 Å². The van der Waals surface area contributed by atoms with Crippen molar-refractivity contribution in [3.8, 4) is 5.75 Å². The molecular formula is C21H20ClN5O4. The van der Waals surface area contributed by atoms with Crippen LogP contribution < -0.4 is 10.2 Å². The van der Waals surface area contributed by atoms with Crippen molar-refractivity contribution in [3.63, 3.8) is 0 Å². The number of aromatic nitrogens is 2. The lowest BCUT2D eigenvalue weighted by atomic mass is 10.1. The highest BCUT2D eigenvalue weighted by Crippen LogP contribution is 2.28. The third kappa shape index (κ3) is 5.46. The zero-order valence-electron chi connectivity index (χ0n) is 16.9. The Kier molecular flexibility index (Phi) is 6.99. The fourth-order valence-corrected chi connectivity index (χ4v) is 3.15. The summed E-state index contributed by atoms with van der Waals surface area (Å²) in [5, 5.41) is 19.1. The van der Waals surface area contributed by atoms with Crippen molar-refractivity contribution in [3.05, 3.63) is 86.1 Å². The summed E-state index contributed by atoms with van der Waals surface area (Å²) in [7, 11) is 1.53. The monoisotopic (exact) mass is 441 g/mol. The Labute approximate surface area is 183 Å². The van der Waals surface area contributed by atoms with Gasteiger partial charge in [-0.2, -0.15) is 9.78 Å². The van der Waals surface area contributed by atoms with Crippen LogP contribution in [0.1, 0.15) is 22.4 Å². The third-order valence-electron chi connectivity index (χ3n) is 4.52. The number of nitro groups is 1. The second-order valence-electron chi connectivity index (χ2n) is 6.66. The average molecular weight is 442 g/mol. The van der Waals surface area contributed by atoms with E-state index in [9.17, 15) is 14.9 Å². The molecule has 2 aromatic carbocycles. The van der Waals surface area contributed by atoms with E-state index in [0.717, 1.165) is 11.1 Å². The molecule has 0 fully saturated rings. The normalized spacial score (nSPS) is 10.9. The first kappa shape index (κ1) is 22.0. The van der Waals surface area contributed by atoms with Gasteiger partial charge in [-0.15, -0.1) is 0 Å². The number of halogens is 1. The van der Waals surface area contributed by atoms with Crippen LogP contribution in [0.4, 0.5) is 5.82 Å². The molecule has 3 aromatic rings. The topological polar surface area (TPSA) is 112 Å². The van der Waals surface area contributed by atoms with Crippen LogP contribution in [0, 0.1) is 17.0 Å². The average Bonchev–Trinajstić information content (AvgIpc) is 3.03. The number of hydrazone groups is 1. The summed E-state index contributed by atoms with van der Waals surface area (Å²) in [6, 6.07) is 14.7. The van der Waals surface area contributed by atoms with Crippen LogP contribution in [-0.2, 0) is 17.8 Å². The van der Waals surface area contributed by atoms with E-state index in [1.807, 2.05) is 30.3 Å². The predicted molar refractivity (Wildman–Crippen MR) is 117 cm³/mol. The quantitative estimate of drug-likeness (QED) is 0.326. The number of nitrogens with zero attached hydrogens (tertiary/aromatic N) is 4. The molecule has 0 saturated carbocycles. The Hall–Kier alpha value is -3.72. The molecular weight excluding hydrogens is 422 g/mol. The Morgan fingerprint density at radius 1 is 1.32 bits per heavy atom. The number of methoxy groups -OCH3 is 1. The maximum Gasteiger partial charge on any atom is 0.408 e. The molecule has 0 aliphatic rings. The molecule has 31 heavy (non-hydrogen) atoms. The molecule has 1 heterocycles. The summed E-state index contributed by atoms with van der Waals surface area (Å²) in [5.41, 5.74) is 5.30. The van der Waals surface area contributed by atoms with Gasteiger partial charge in [0, 0.05) is 5.56 Å². The molecule has 0 bridgehead atoms. The number of rotatable bonds is 8. The first-order valence-electron chi connectivity index (χ1n) is 9.29. The lowest BCUT2D eigenvalue weighted by Crippen LogP contribution is -2.19. The van der Waals surface area contributed by atoms with Gasteiger partial charge >= 0.3 is 5.82 Å². The van der Waals surface area contributed by atoms with Gasteiger partial charge in [0.05, 0.1) is 37.1 Å². The Morgan fingerprint density at radius 2 is 2.06 bits per heavy atom. The van der Waals surface area contributed by atoms with Crippen molar-refractivity contribution in [2.45, 2.75) is 19.9 Å². The molecule has 1 amide bonds. The molecule has 0 unspecified atom stereocenters. The zero-order chi connectivity index (χ0) is 22.4. The van der Waals surface area contributed by atoms with E-state index in [2.05, 4.69) is 15.6 Å². The largest absolute Gasteiger partial charge is 0.496 e. The van der Waals surface area contributed by atoms with E-state index < -0.39 is 10.7 Å². The van der Waals surface area contributed by atoms with E-state index in [1.54, 1.807) is 25.1 Å². The van der Waals surface area contributed by atoms with Gasteiger partial charge in [-0.1, -0.05) is 41.9 Å². The fourth-order valence-electron chi connectivity index (χ4n) is 2.94. The van der Waals surface area contributed by atoms with Gasteiger partial charge in [-0.3, -0.25) is 4.79 Å². The number of benzene rings is 2. The van der Waals surface area contributed by atoms with Gasteiger partial charge in [0.2, 0.25) is 5.91 Å². The second-order valence-corrected chi connectivity index (χ2v) is 7.04. The number of hydrogen-bond donors (Lipinski definition) is 1. The van der Waals surface area contributed by atoms with Crippen molar-refractivity contribution in [1.82, 2.24) is 15.2 Å². The van der Waals surface area contributed by atoms with Gasteiger partial charge in [-0.25, -0.2) is 5.43 Å². The van der Waals surface area contributed by atoms with Crippen LogP contribution in [0.15, 0.2) is 53.6 Å². The minimum Gasteiger partial charge on any atom is -0.496 e. The SMILES string of the molecule is COc1ccc(/C=N\NC(=O)Cc2ccccc2)cc1Cn1nc([N+](=O)[O-])c(Cl)c1C. The minimum atomic E-state index is -0.621. The molecule has 1 N–H and O–H groups in total. The Balaban J connectivity index is 1.73. The van der Waals surface area contributed by atoms with Crippen molar-refractivity contribution in [1.29, 1.82) is 0 Å². The van der Waals surface area contributed by atoms with Crippen molar-refractivity contribution < 1.29 is 14.5 Å². The molecule has 0 spiro atoms. The minimum absolute atomic E-state index is 0.00260. The maximum absolute atomic E-state index is 12.0. The van der Waals surface area contributed by atoms with Crippen LogP contribution in [0.25, 0.3) is 0 Å². The summed E-state index contributed by atoms with van der Waals surface area (Å²) < 4.78 is 6.83. The molecule has 9 nitrogen and oxygen atoms in total. The van der Waals surface area contributed by atoms with E-state index in [0.29, 0.717) is 17.0 Å². The van der Waals surface area contributed by atoms with E-state index >= 15 is 0 Å². The van der Waals surface area contributed by atoms with Gasteiger partial charge in [0.25, 0.3) is 0 Å². The number of carbonyl (C=O) groups excluding carboxylic acids is 1. The first-order chi connectivity index (χ1) is 14.9. The summed E-state index contributed by atoms with van der Waals surface area (Å²) >= 11 is 6.02. The Bertz CT molecular complexity index is 1130. The molecule has 0 radical (unpaired) electrons. The molecule has 10 heteroatoms. The molecule has 0 saturated heterocycles. The zero-order valence-corrected chi connectivity index (χ0v) is 17.7. The van der Waals surface area contributed by atoms with E-state index in [1.165, 1.54) is 18.0 Å². The van der Waals surface area contributed by atoms with Crippen LogP contribution in [0.5, 0.6) is 5.75 Å². The number of amides is 1. The molecule has 3 rings (SSSR count). The van der Waals surface area contributed by atoms with Crippen LogP contribution in [0.2, 0.25) is 5.02 Å². The number of nitrogens with one attached hydrogen (secondary N) is 1. The van der Waals surface area contributed by atoms with Crippen LogP contribution >= 0.6 is 11.6 Å². The number of ether oxygens (including phenoxy) is 1. The van der Waals surface area contributed by atoms with Gasteiger partial charge in [-0.05, 0) is 41.2 Å². The predicted octanol–water partition coefficient (Wildman–Crippen LogP) is 3.50.